The Morgan fingerprint density at radius 3 is 1.61 bits per heavy atom. The van der Waals surface area contributed by atoms with Crippen molar-refractivity contribution in [2.45, 2.75) is 26.4 Å². The van der Waals surface area contributed by atoms with Crippen molar-refractivity contribution in [1.82, 2.24) is 0 Å². The minimum Gasteiger partial charge on any atom is -0.461 e. The zero-order valence-corrected chi connectivity index (χ0v) is 12.8. The van der Waals surface area contributed by atoms with Gasteiger partial charge in [-0.1, -0.05) is 0 Å². The van der Waals surface area contributed by atoms with Crippen LogP contribution in [0.4, 0.5) is 0 Å². The molecule has 0 aromatic carbocycles. The molecule has 23 heavy (non-hydrogen) atoms. The summed E-state index contributed by atoms with van der Waals surface area (Å²) in [6, 6.07) is 7.52. The molecule has 0 saturated carbocycles. The highest BCUT2D eigenvalue weighted by Crippen LogP contribution is 2.54. The second-order valence-corrected chi connectivity index (χ2v) is 6.14. The Morgan fingerprint density at radius 1 is 0.739 bits per heavy atom. The first-order valence-corrected chi connectivity index (χ1v) is 7.72. The Morgan fingerprint density at radius 2 is 1.22 bits per heavy atom. The van der Waals surface area contributed by atoms with Gasteiger partial charge in [-0.3, -0.25) is 0 Å². The van der Waals surface area contributed by atoms with Crippen LogP contribution >= 0.6 is 0 Å². The lowest BCUT2D eigenvalue weighted by Crippen LogP contribution is -2.19. The van der Waals surface area contributed by atoms with Gasteiger partial charge < -0.3 is 23.0 Å². The number of hydrogen-bond donors (Lipinski definition) is 0. The first-order chi connectivity index (χ1) is 11.2. The normalized spacial score (nSPS) is 32.1. The molecule has 5 nitrogen and oxygen atoms in total. The fourth-order valence-electron chi connectivity index (χ4n) is 3.83. The molecule has 0 spiro atoms. The standard InChI is InChI=1S/C18H16O5/c1-9-13-14-10(2)16(12-6-4-8-20-12)22-18(14)23-17(13)21-15(9)11-5-3-7-19-11/h3-8,13-14,17-18H,1-2H3/t13-,14-,17+,18+/m0/s1. The molecule has 3 aliphatic rings. The van der Waals surface area contributed by atoms with Gasteiger partial charge in [-0.25, -0.2) is 0 Å². The first-order valence-electron chi connectivity index (χ1n) is 7.72. The van der Waals surface area contributed by atoms with Gasteiger partial charge in [0.15, 0.2) is 23.0 Å². The van der Waals surface area contributed by atoms with E-state index in [-0.39, 0.29) is 24.4 Å². The van der Waals surface area contributed by atoms with Crippen molar-refractivity contribution in [3.05, 3.63) is 59.5 Å². The van der Waals surface area contributed by atoms with E-state index in [1.165, 1.54) is 0 Å². The molecule has 0 unspecified atom stereocenters. The van der Waals surface area contributed by atoms with E-state index in [9.17, 15) is 0 Å². The van der Waals surface area contributed by atoms with E-state index in [0.29, 0.717) is 0 Å². The van der Waals surface area contributed by atoms with Crippen molar-refractivity contribution in [2.75, 3.05) is 0 Å². The number of furan rings is 2. The zero-order valence-electron chi connectivity index (χ0n) is 12.8. The molecular weight excluding hydrogens is 296 g/mol. The summed E-state index contributed by atoms with van der Waals surface area (Å²) in [5.41, 5.74) is 2.28. The lowest BCUT2D eigenvalue weighted by Gasteiger charge is -2.14. The van der Waals surface area contributed by atoms with E-state index in [1.54, 1.807) is 12.5 Å². The largest absolute Gasteiger partial charge is 0.461 e. The summed E-state index contributed by atoms with van der Waals surface area (Å²) in [7, 11) is 0. The molecule has 0 radical (unpaired) electrons. The number of fused-ring (bicyclic) bond motifs is 3. The van der Waals surface area contributed by atoms with Crippen molar-refractivity contribution in [1.29, 1.82) is 0 Å². The summed E-state index contributed by atoms with van der Waals surface area (Å²) in [5, 5.41) is 0. The van der Waals surface area contributed by atoms with Gasteiger partial charge in [-0.05, 0) is 49.3 Å². The first kappa shape index (κ1) is 13.1. The summed E-state index contributed by atoms with van der Waals surface area (Å²) in [6.07, 6.45) is 2.65. The van der Waals surface area contributed by atoms with E-state index in [4.69, 9.17) is 23.0 Å². The summed E-state index contributed by atoms with van der Waals surface area (Å²) >= 11 is 0. The Hall–Kier alpha value is -2.40. The Balaban J connectivity index is 1.54. The second kappa shape index (κ2) is 4.55. The maximum Gasteiger partial charge on any atom is 0.211 e. The van der Waals surface area contributed by atoms with E-state index >= 15 is 0 Å². The molecule has 2 aromatic heterocycles. The van der Waals surface area contributed by atoms with Crippen LogP contribution < -0.4 is 0 Å². The van der Waals surface area contributed by atoms with Gasteiger partial charge in [0.25, 0.3) is 0 Å². The molecule has 3 aliphatic heterocycles. The van der Waals surface area contributed by atoms with Crippen molar-refractivity contribution < 1.29 is 23.0 Å². The van der Waals surface area contributed by atoms with Crippen LogP contribution in [0.3, 0.4) is 0 Å². The van der Waals surface area contributed by atoms with Crippen LogP contribution in [0, 0.1) is 11.8 Å². The molecule has 5 heteroatoms. The van der Waals surface area contributed by atoms with Crippen LogP contribution in [0.1, 0.15) is 25.4 Å². The van der Waals surface area contributed by atoms with Crippen LogP contribution in [-0.2, 0) is 14.2 Å². The smallest absolute Gasteiger partial charge is 0.211 e. The van der Waals surface area contributed by atoms with Gasteiger partial charge in [0.1, 0.15) is 0 Å². The third-order valence-electron chi connectivity index (χ3n) is 4.92. The lowest BCUT2D eigenvalue weighted by molar-refractivity contribution is -0.158. The average Bonchev–Trinajstić information content (AvgIpc) is 3.30. The van der Waals surface area contributed by atoms with Gasteiger partial charge >= 0.3 is 0 Å². The maximum absolute atomic E-state index is 6.00. The van der Waals surface area contributed by atoms with E-state index < -0.39 is 0 Å². The monoisotopic (exact) mass is 312 g/mol. The Kier molecular flexibility index (Phi) is 2.59. The molecule has 0 amide bonds. The van der Waals surface area contributed by atoms with Crippen LogP contribution in [0.25, 0.3) is 11.5 Å². The quantitative estimate of drug-likeness (QED) is 0.838. The topological polar surface area (TPSA) is 54.0 Å². The summed E-state index contributed by atoms with van der Waals surface area (Å²) in [6.45, 7) is 4.15. The second-order valence-electron chi connectivity index (χ2n) is 6.14. The minimum absolute atomic E-state index is 0.132. The minimum atomic E-state index is -0.321. The fraction of sp³-hybridized carbons (Fsp3) is 0.333. The molecule has 5 rings (SSSR count). The highest BCUT2D eigenvalue weighted by Gasteiger charge is 2.57. The van der Waals surface area contributed by atoms with Gasteiger partial charge in [0.05, 0.1) is 24.4 Å². The molecule has 0 aliphatic carbocycles. The molecule has 4 atom stereocenters. The van der Waals surface area contributed by atoms with E-state index in [0.717, 1.165) is 34.2 Å². The third kappa shape index (κ3) is 1.71. The molecule has 2 aromatic rings. The Labute approximate surface area is 133 Å². The van der Waals surface area contributed by atoms with Crippen LogP contribution in [0.2, 0.25) is 0 Å². The van der Waals surface area contributed by atoms with E-state index in [2.05, 4.69) is 13.8 Å². The highest BCUT2D eigenvalue weighted by atomic mass is 16.8. The highest BCUT2D eigenvalue weighted by molar-refractivity contribution is 5.65. The summed E-state index contributed by atoms with van der Waals surface area (Å²) in [4.78, 5) is 0. The van der Waals surface area contributed by atoms with Gasteiger partial charge in [0.2, 0.25) is 12.6 Å². The zero-order chi connectivity index (χ0) is 15.6. The van der Waals surface area contributed by atoms with Gasteiger partial charge in [-0.15, -0.1) is 0 Å². The lowest BCUT2D eigenvalue weighted by atomic mass is 9.84. The molecule has 0 bridgehead atoms. The van der Waals surface area contributed by atoms with Crippen LogP contribution in [0.5, 0.6) is 0 Å². The number of hydrogen-bond acceptors (Lipinski definition) is 5. The molecule has 5 heterocycles. The van der Waals surface area contributed by atoms with Crippen LogP contribution in [0.15, 0.2) is 56.8 Å². The van der Waals surface area contributed by atoms with Gasteiger partial charge in [0, 0.05) is 0 Å². The predicted molar refractivity (Wildman–Crippen MR) is 80.4 cm³/mol. The fourth-order valence-corrected chi connectivity index (χ4v) is 3.83. The number of rotatable bonds is 2. The Bertz CT molecular complexity index is 728. The van der Waals surface area contributed by atoms with Crippen molar-refractivity contribution in [2.24, 2.45) is 11.8 Å². The third-order valence-corrected chi connectivity index (χ3v) is 4.92. The molecule has 118 valence electrons. The van der Waals surface area contributed by atoms with Gasteiger partial charge in [-0.2, -0.15) is 0 Å². The SMILES string of the molecule is CC1=C(c2ccco2)O[C@@H]2O[C@H]3OC(c4ccco4)=C(C)[C@H]3[C@H]12. The van der Waals surface area contributed by atoms with Crippen LogP contribution in [-0.4, -0.2) is 12.6 Å². The van der Waals surface area contributed by atoms with Crippen molar-refractivity contribution in [3.63, 3.8) is 0 Å². The number of ether oxygens (including phenoxy) is 3. The predicted octanol–water partition coefficient (Wildman–Crippen LogP) is 4.01. The molecule has 0 N–H and O–H groups in total. The summed E-state index contributed by atoms with van der Waals surface area (Å²) < 4.78 is 28.9. The van der Waals surface area contributed by atoms with Crippen molar-refractivity contribution >= 4 is 11.5 Å². The molecular formula is C18H16O5. The van der Waals surface area contributed by atoms with E-state index in [1.807, 2.05) is 24.3 Å². The average molecular weight is 312 g/mol. The van der Waals surface area contributed by atoms with Crippen molar-refractivity contribution in [3.8, 4) is 0 Å². The molecule has 1 fully saturated rings. The summed E-state index contributed by atoms with van der Waals surface area (Å²) in [5.74, 6) is 3.30. The maximum atomic E-state index is 6.00. The molecule has 1 saturated heterocycles.